The molecule has 0 bridgehead atoms. The highest BCUT2D eigenvalue weighted by Gasteiger charge is 2.10. The molecule has 0 saturated carbocycles. The Kier molecular flexibility index (Phi) is 3.32. The van der Waals surface area contributed by atoms with Gasteiger partial charge in [0.1, 0.15) is 0 Å². The maximum atomic E-state index is 12.3. The first-order valence-electron chi connectivity index (χ1n) is 6.80. The van der Waals surface area contributed by atoms with Gasteiger partial charge in [-0.25, -0.2) is 0 Å². The van der Waals surface area contributed by atoms with E-state index in [4.69, 9.17) is 5.73 Å². The summed E-state index contributed by atoms with van der Waals surface area (Å²) in [5.41, 5.74) is 9.88. The Hall–Kier alpha value is -2.81. The van der Waals surface area contributed by atoms with Crippen molar-refractivity contribution < 1.29 is 4.79 Å². The van der Waals surface area contributed by atoms with Crippen molar-refractivity contribution in [3.05, 3.63) is 77.1 Å². The minimum atomic E-state index is -0.153. The van der Waals surface area contributed by atoms with Gasteiger partial charge in [-0.3, -0.25) is 4.79 Å². The van der Waals surface area contributed by atoms with E-state index >= 15 is 0 Å². The summed E-state index contributed by atoms with van der Waals surface area (Å²) in [6.07, 6.45) is 3.58. The number of carbonyl (C=O) groups is 1. The van der Waals surface area contributed by atoms with E-state index in [-0.39, 0.29) is 11.5 Å². The number of ketones is 1. The van der Waals surface area contributed by atoms with Crippen molar-refractivity contribution >= 4 is 22.8 Å². The monoisotopic (exact) mass is 276 g/mol. The number of fused-ring (bicyclic) bond motifs is 1. The van der Waals surface area contributed by atoms with E-state index in [0.29, 0.717) is 5.56 Å². The number of H-pyrrole nitrogens is 1. The number of aromatic nitrogens is 1. The maximum Gasteiger partial charge on any atom is 0.208 e. The molecule has 0 saturated heterocycles. The van der Waals surface area contributed by atoms with Crippen LogP contribution >= 0.6 is 0 Å². The Morgan fingerprint density at radius 3 is 2.57 bits per heavy atom. The second kappa shape index (κ2) is 5.29. The number of aromatic amines is 1. The highest BCUT2D eigenvalue weighted by atomic mass is 16.1. The van der Waals surface area contributed by atoms with Crippen LogP contribution in [-0.4, -0.2) is 10.8 Å². The van der Waals surface area contributed by atoms with Crippen LogP contribution in [0.25, 0.3) is 17.0 Å². The zero-order valence-corrected chi connectivity index (χ0v) is 11.8. The fourth-order valence-electron chi connectivity index (χ4n) is 2.32. The Morgan fingerprint density at radius 2 is 1.81 bits per heavy atom. The molecule has 0 radical (unpaired) electrons. The van der Waals surface area contributed by atoms with Gasteiger partial charge in [0.2, 0.25) is 5.78 Å². The Labute approximate surface area is 123 Å². The molecular formula is C18H16N2O. The summed E-state index contributed by atoms with van der Waals surface area (Å²) in [4.78, 5) is 15.5. The number of nitrogens with one attached hydrogen (secondary N) is 1. The molecule has 0 aliphatic carbocycles. The van der Waals surface area contributed by atoms with Gasteiger partial charge in [0.15, 0.2) is 0 Å². The highest BCUT2D eigenvalue weighted by molar-refractivity contribution is 6.11. The molecule has 0 fully saturated rings. The van der Waals surface area contributed by atoms with Crippen molar-refractivity contribution in [3.8, 4) is 0 Å². The Morgan fingerprint density at radius 1 is 1.10 bits per heavy atom. The number of para-hydroxylation sites is 1. The lowest BCUT2D eigenvalue weighted by atomic mass is 10.0. The molecule has 0 aliphatic heterocycles. The number of benzene rings is 2. The van der Waals surface area contributed by atoms with E-state index < -0.39 is 0 Å². The molecule has 0 atom stereocenters. The van der Waals surface area contributed by atoms with Gasteiger partial charge < -0.3 is 10.7 Å². The predicted octanol–water partition coefficient (Wildman–Crippen LogP) is 3.66. The van der Waals surface area contributed by atoms with Crippen LogP contribution in [0.2, 0.25) is 0 Å². The molecule has 3 nitrogen and oxygen atoms in total. The van der Waals surface area contributed by atoms with E-state index in [2.05, 4.69) is 4.98 Å². The van der Waals surface area contributed by atoms with Gasteiger partial charge >= 0.3 is 0 Å². The molecule has 0 unspecified atom stereocenters. The average Bonchev–Trinajstić information content (AvgIpc) is 2.91. The molecule has 1 aromatic heterocycles. The van der Waals surface area contributed by atoms with Crippen molar-refractivity contribution in [2.75, 3.05) is 0 Å². The molecule has 0 amide bonds. The largest absolute Gasteiger partial charge is 0.396 e. The van der Waals surface area contributed by atoms with Crippen molar-refractivity contribution in [1.82, 2.24) is 4.98 Å². The molecule has 104 valence electrons. The topological polar surface area (TPSA) is 58.9 Å². The van der Waals surface area contributed by atoms with Gasteiger partial charge in [0, 0.05) is 28.2 Å². The molecule has 21 heavy (non-hydrogen) atoms. The standard InChI is InChI=1S/C18H16N2O/c1-12-6-8-13(9-7-12)18(21)16(19)10-14-11-20-17-5-3-2-4-15(14)17/h2-11,20H,19H2,1H3/b16-10-. The lowest BCUT2D eigenvalue weighted by Crippen LogP contribution is -2.11. The summed E-state index contributed by atoms with van der Waals surface area (Å²) < 4.78 is 0. The van der Waals surface area contributed by atoms with Crippen LogP contribution in [0.4, 0.5) is 0 Å². The van der Waals surface area contributed by atoms with E-state index in [0.717, 1.165) is 22.0 Å². The number of allylic oxidation sites excluding steroid dienone is 1. The highest BCUT2D eigenvalue weighted by Crippen LogP contribution is 2.20. The zero-order chi connectivity index (χ0) is 14.8. The quantitative estimate of drug-likeness (QED) is 0.566. The second-order valence-electron chi connectivity index (χ2n) is 5.08. The first-order chi connectivity index (χ1) is 10.1. The van der Waals surface area contributed by atoms with Gasteiger partial charge in [-0.1, -0.05) is 48.0 Å². The van der Waals surface area contributed by atoms with Crippen LogP contribution in [0.1, 0.15) is 21.5 Å². The molecule has 3 aromatic rings. The normalized spacial score (nSPS) is 11.8. The first kappa shape index (κ1) is 13.2. The summed E-state index contributed by atoms with van der Waals surface area (Å²) in [5, 5.41) is 1.05. The maximum absolute atomic E-state index is 12.3. The number of hydrogen-bond donors (Lipinski definition) is 2. The fourth-order valence-corrected chi connectivity index (χ4v) is 2.32. The molecule has 0 spiro atoms. The van der Waals surface area contributed by atoms with Crippen LogP contribution in [-0.2, 0) is 0 Å². The van der Waals surface area contributed by atoms with Crippen LogP contribution in [0.5, 0.6) is 0 Å². The van der Waals surface area contributed by atoms with Crippen LogP contribution in [0.3, 0.4) is 0 Å². The number of Topliss-reactive ketones (excluding diaryl/α,β-unsaturated/α-hetero) is 1. The minimum absolute atomic E-state index is 0.153. The van der Waals surface area contributed by atoms with Gasteiger partial charge in [0.25, 0.3) is 0 Å². The summed E-state index contributed by atoms with van der Waals surface area (Å²) >= 11 is 0. The van der Waals surface area contributed by atoms with E-state index in [1.807, 2.05) is 49.5 Å². The number of hydrogen-bond acceptors (Lipinski definition) is 2. The smallest absolute Gasteiger partial charge is 0.208 e. The minimum Gasteiger partial charge on any atom is -0.396 e. The Bertz CT molecular complexity index is 826. The predicted molar refractivity (Wildman–Crippen MR) is 86.0 cm³/mol. The van der Waals surface area contributed by atoms with Crippen molar-refractivity contribution in [2.45, 2.75) is 6.92 Å². The summed E-state index contributed by atoms with van der Waals surface area (Å²) in [5.74, 6) is -0.153. The fraction of sp³-hybridized carbons (Fsp3) is 0.0556. The summed E-state index contributed by atoms with van der Waals surface area (Å²) in [6.45, 7) is 1.99. The SMILES string of the molecule is Cc1ccc(C(=O)/C(N)=C/c2c[nH]c3ccccc23)cc1. The van der Waals surface area contributed by atoms with Gasteiger partial charge in [-0.15, -0.1) is 0 Å². The number of aryl methyl sites for hydroxylation is 1. The molecule has 3 rings (SSSR count). The average molecular weight is 276 g/mol. The van der Waals surface area contributed by atoms with Crippen LogP contribution in [0.15, 0.2) is 60.4 Å². The van der Waals surface area contributed by atoms with E-state index in [1.165, 1.54) is 0 Å². The molecule has 1 heterocycles. The first-order valence-corrected chi connectivity index (χ1v) is 6.80. The molecule has 3 heteroatoms. The van der Waals surface area contributed by atoms with Crippen molar-refractivity contribution in [3.63, 3.8) is 0 Å². The molecule has 0 aliphatic rings. The van der Waals surface area contributed by atoms with E-state index in [1.54, 1.807) is 18.2 Å². The third-order valence-corrected chi connectivity index (χ3v) is 3.51. The van der Waals surface area contributed by atoms with Crippen LogP contribution in [0, 0.1) is 6.92 Å². The number of nitrogens with two attached hydrogens (primary N) is 1. The lowest BCUT2D eigenvalue weighted by Gasteiger charge is -2.02. The van der Waals surface area contributed by atoms with Crippen molar-refractivity contribution in [1.29, 1.82) is 0 Å². The third-order valence-electron chi connectivity index (χ3n) is 3.51. The van der Waals surface area contributed by atoms with Gasteiger partial charge in [0.05, 0.1) is 5.70 Å². The summed E-state index contributed by atoms with van der Waals surface area (Å²) in [7, 11) is 0. The molecule has 3 N–H and O–H groups in total. The van der Waals surface area contributed by atoms with E-state index in [9.17, 15) is 4.79 Å². The number of rotatable bonds is 3. The lowest BCUT2D eigenvalue weighted by molar-refractivity contribution is 0.103. The van der Waals surface area contributed by atoms with Crippen LogP contribution < -0.4 is 5.73 Å². The Balaban J connectivity index is 1.95. The molecule has 2 aromatic carbocycles. The van der Waals surface area contributed by atoms with Gasteiger partial charge in [-0.2, -0.15) is 0 Å². The number of carbonyl (C=O) groups excluding carboxylic acids is 1. The second-order valence-corrected chi connectivity index (χ2v) is 5.08. The summed E-state index contributed by atoms with van der Waals surface area (Å²) in [6, 6.07) is 15.3. The molecular weight excluding hydrogens is 260 g/mol. The third kappa shape index (κ3) is 2.58. The zero-order valence-electron chi connectivity index (χ0n) is 11.8. The van der Waals surface area contributed by atoms with Gasteiger partial charge in [-0.05, 0) is 19.1 Å². The van der Waals surface area contributed by atoms with Crippen molar-refractivity contribution in [2.24, 2.45) is 5.73 Å².